The summed E-state index contributed by atoms with van der Waals surface area (Å²) in [4.78, 5) is 0. The first-order valence-corrected chi connectivity index (χ1v) is 7.45. The normalized spacial score (nSPS) is 18.4. The van der Waals surface area contributed by atoms with Crippen molar-refractivity contribution >= 4 is 12.4 Å². The molecule has 2 heteroatoms. The van der Waals surface area contributed by atoms with E-state index in [-0.39, 0.29) is 31.6 Å². The van der Waals surface area contributed by atoms with Crippen LogP contribution in [-0.4, -0.2) is 0 Å². The van der Waals surface area contributed by atoms with Crippen LogP contribution in [-0.2, 0) is 19.2 Å². The van der Waals surface area contributed by atoms with Crippen molar-refractivity contribution in [2.45, 2.75) is 39.5 Å². The summed E-state index contributed by atoms with van der Waals surface area (Å²) >= 11 is 0.0149. The molecule has 86 valence electrons. The van der Waals surface area contributed by atoms with Crippen molar-refractivity contribution in [2.75, 3.05) is 0 Å². The van der Waals surface area contributed by atoms with Crippen LogP contribution in [0.2, 0.25) is 0 Å². The molecule has 0 saturated heterocycles. The van der Waals surface area contributed by atoms with Crippen LogP contribution in [0.5, 0.6) is 0 Å². The number of hydrogen-bond donors (Lipinski definition) is 0. The van der Waals surface area contributed by atoms with Crippen molar-refractivity contribution < 1.29 is 19.2 Å². The third-order valence-electron chi connectivity index (χ3n) is 3.12. The van der Waals surface area contributed by atoms with E-state index in [0.29, 0.717) is 0 Å². The molecule has 0 atom stereocenters. The topological polar surface area (TPSA) is 0 Å². The molecule has 0 bridgehead atoms. The van der Waals surface area contributed by atoms with Crippen LogP contribution in [0.25, 0.3) is 0 Å². The Morgan fingerprint density at radius 3 is 1.75 bits per heavy atom. The van der Waals surface area contributed by atoms with E-state index in [2.05, 4.69) is 38.2 Å². The van der Waals surface area contributed by atoms with Gasteiger partial charge in [0.25, 0.3) is 0 Å². The fourth-order valence-electron chi connectivity index (χ4n) is 2.21. The van der Waals surface area contributed by atoms with Gasteiger partial charge in [-0.3, -0.25) is 0 Å². The Kier molecular flexibility index (Phi) is 5.82. The number of rotatable bonds is 4. The predicted molar refractivity (Wildman–Crippen MR) is 69.4 cm³/mol. The van der Waals surface area contributed by atoms with Crippen LogP contribution >= 0.6 is 12.4 Å². The van der Waals surface area contributed by atoms with E-state index in [0.717, 1.165) is 0 Å². The SMILES string of the molecule is CCC1=[C]([Ti][C]2=C(CC)C=CC2)CC=C1.Cl. The summed E-state index contributed by atoms with van der Waals surface area (Å²) in [5.74, 6) is 0. The second kappa shape index (κ2) is 6.64. The van der Waals surface area contributed by atoms with Crippen LogP contribution in [0.3, 0.4) is 0 Å². The molecule has 0 spiro atoms. The fraction of sp³-hybridized carbons (Fsp3) is 0.429. The van der Waals surface area contributed by atoms with E-state index in [9.17, 15) is 0 Å². The Bertz CT molecular complexity index is 336. The third-order valence-corrected chi connectivity index (χ3v) is 5.70. The zero-order chi connectivity index (χ0) is 10.7. The van der Waals surface area contributed by atoms with Crippen molar-refractivity contribution in [3.63, 3.8) is 0 Å². The average Bonchev–Trinajstić information content (AvgIpc) is 2.87. The predicted octanol–water partition coefficient (Wildman–Crippen LogP) is 4.74. The maximum Gasteiger partial charge on any atom is -0.147 e. The van der Waals surface area contributed by atoms with Gasteiger partial charge in [-0.25, -0.2) is 0 Å². The van der Waals surface area contributed by atoms with Gasteiger partial charge in [-0.2, -0.15) is 0 Å². The van der Waals surface area contributed by atoms with Gasteiger partial charge in [-0.1, -0.05) is 0 Å². The summed E-state index contributed by atoms with van der Waals surface area (Å²) in [7, 11) is 0. The third kappa shape index (κ3) is 3.00. The summed E-state index contributed by atoms with van der Waals surface area (Å²) in [6.07, 6.45) is 14.3. The maximum absolute atomic E-state index is 2.34. The van der Waals surface area contributed by atoms with E-state index >= 15 is 0 Å². The van der Waals surface area contributed by atoms with Crippen molar-refractivity contribution in [3.8, 4) is 0 Å². The van der Waals surface area contributed by atoms with E-state index in [1.54, 1.807) is 18.9 Å². The number of allylic oxidation sites excluding steroid dienone is 8. The molecule has 0 aliphatic heterocycles. The van der Waals surface area contributed by atoms with E-state index in [1.807, 2.05) is 0 Å². The first-order valence-electron chi connectivity index (χ1n) is 5.89. The molecule has 2 rings (SSSR count). The molecule has 0 unspecified atom stereocenters. The smallest absolute Gasteiger partial charge is 0.147 e. The summed E-state index contributed by atoms with van der Waals surface area (Å²) in [6, 6.07) is 0. The quantitative estimate of drug-likeness (QED) is 0.647. The molecular weight excluding hydrogens is 251 g/mol. The maximum atomic E-state index is 2.34. The van der Waals surface area contributed by atoms with E-state index in [1.165, 1.54) is 25.7 Å². The molecule has 0 nitrogen and oxygen atoms in total. The minimum atomic E-state index is 0. The molecule has 2 aliphatic rings. The van der Waals surface area contributed by atoms with E-state index in [4.69, 9.17) is 0 Å². The Labute approximate surface area is 114 Å². The van der Waals surface area contributed by atoms with Gasteiger partial charge >= 0.3 is 102 Å². The second-order valence-electron chi connectivity index (χ2n) is 4.05. The van der Waals surface area contributed by atoms with Crippen LogP contribution < -0.4 is 0 Å². The molecule has 16 heavy (non-hydrogen) atoms. The van der Waals surface area contributed by atoms with Crippen molar-refractivity contribution in [3.05, 3.63) is 43.2 Å². The van der Waals surface area contributed by atoms with Crippen LogP contribution in [0.15, 0.2) is 43.2 Å². The van der Waals surface area contributed by atoms with Crippen LogP contribution in [0.4, 0.5) is 0 Å². The number of hydrogen-bond acceptors (Lipinski definition) is 0. The first kappa shape index (κ1) is 14.0. The molecule has 0 aromatic rings. The minimum Gasteiger partial charge on any atom is -0.147 e. The zero-order valence-electron chi connectivity index (χ0n) is 10.0. The summed E-state index contributed by atoms with van der Waals surface area (Å²) in [5.41, 5.74) is 3.26. The largest absolute Gasteiger partial charge is 0.147 e. The van der Waals surface area contributed by atoms with Gasteiger partial charge in [0.1, 0.15) is 0 Å². The van der Waals surface area contributed by atoms with Gasteiger partial charge in [0.05, 0.1) is 0 Å². The molecule has 0 radical (unpaired) electrons. The van der Waals surface area contributed by atoms with Crippen LogP contribution in [0, 0.1) is 0 Å². The van der Waals surface area contributed by atoms with Gasteiger partial charge in [0, 0.05) is 0 Å². The van der Waals surface area contributed by atoms with E-state index < -0.39 is 0 Å². The van der Waals surface area contributed by atoms with Gasteiger partial charge in [0.15, 0.2) is 0 Å². The Balaban J connectivity index is 0.00000128. The molecule has 0 aromatic heterocycles. The second-order valence-corrected chi connectivity index (χ2v) is 6.33. The van der Waals surface area contributed by atoms with Gasteiger partial charge in [-0.05, 0) is 0 Å². The van der Waals surface area contributed by atoms with Crippen LogP contribution in [0.1, 0.15) is 39.5 Å². The summed E-state index contributed by atoms with van der Waals surface area (Å²) in [5, 5.41) is 0. The molecule has 0 N–H and O–H groups in total. The summed E-state index contributed by atoms with van der Waals surface area (Å²) < 4.78 is 3.56. The Hall–Kier alpha value is -0.0357. The van der Waals surface area contributed by atoms with Crippen molar-refractivity contribution in [1.82, 2.24) is 0 Å². The molecule has 2 aliphatic carbocycles. The van der Waals surface area contributed by atoms with Crippen molar-refractivity contribution in [1.29, 1.82) is 0 Å². The average molecular weight is 271 g/mol. The molecular formula is C14H19ClTi. The number of halogens is 1. The molecule has 0 fully saturated rings. The fourth-order valence-corrected chi connectivity index (χ4v) is 4.78. The van der Waals surface area contributed by atoms with Gasteiger partial charge in [-0.15, -0.1) is 12.4 Å². The molecule has 0 heterocycles. The van der Waals surface area contributed by atoms with Crippen molar-refractivity contribution in [2.24, 2.45) is 0 Å². The minimum absolute atomic E-state index is 0. The van der Waals surface area contributed by atoms with Gasteiger partial charge in [0.2, 0.25) is 0 Å². The zero-order valence-corrected chi connectivity index (χ0v) is 12.4. The molecule has 0 aromatic carbocycles. The Morgan fingerprint density at radius 2 is 1.38 bits per heavy atom. The summed E-state index contributed by atoms with van der Waals surface area (Å²) in [6.45, 7) is 4.55. The molecule has 0 saturated carbocycles. The first-order chi connectivity index (χ1) is 7.35. The monoisotopic (exact) mass is 270 g/mol. The standard InChI is InChI=1S/2C7H9.ClH.Ti/c2*1-2-7-5-3-4-6-7;;/h2*3,5H,2,4H2,1H3;1H;. The van der Waals surface area contributed by atoms with Gasteiger partial charge < -0.3 is 0 Å². The molecule has 0 amide bonds. The Morgan fingerprint density at radius 1 is 0.938 bits per heavy atom.